The molecular formula is C19H25N3O5. The van der Waals surface area contributed by atoms with E-state index >= 15 is 0 Å². The van der Waals surface area contributed by atoms with E-state index in [-0.39, 0.29) is 24.0 Å². The van der Waals surface area contributed by atoms with Crippen molar-refractivity contribution >= 4 is 11.9 Å². The van der Waals surface area contributed by atoms with Crippen LogP contribution in [0.3, 0.4) is 0 Å². The van der Waals surface area contributed by atoms with Gasteiger partial charge < -0.3 is 19.9 Å². The molecule has 146 valence electrons. The average molecular weight is 375 g/mol. The molecule has 0 saturated carbocycles. The highest BCUT2D eigenvalue weighted by atomic mass is 16.5. The molecule has 1 aromatic carbocycles. The molecule has 27 heavy (non-hydrogen) atoms. The van der Waals surface area contributed by atoms with Crippen molar-refractivity contribution in [2.24, 2.45) is 5.92 Å². The maximum atomic E-state index is 12.7. The lowest BCUT2D eigenvalue weighted by atomic mass is 10.0. The first-order valence-electron chi connectivity index (χ1n) is 8.72. The van der Waals surface area contributed by atoms with Gasteiger partial charge in [0, 0.05) is 7.11 Å². The van der Waals surface area contributed by atoms with E-state index in [0.29, 0.717) is 13.0 Å². The SMILES string of the molecule is COCCOc1cn(-c2ccccc2)nc1C(=O)N[C@H](CC(C)C)C(=O)O. The predicted octanol–water partition coefficient (Wildman–Crippen LogP) is 2.13. The van der Waals surface area contributed by atoms with Crippen LogP contribution in [0.4, 0.5) is 0 Å². The second kappa shape index (κ2) is 9.72. The van der Waals surface area contributed by atoms with Crippen molar-refractivity contribution in [1.29, 1.82) is 0 Å². The number of methoxy groups -OCH3 is 1. The van der Waals surface area contributed by atoms with Gasteiger partial charge >= 0.3 is 5.97 Å². The third-order valence-corrected chi connectivity index (χ3v) is 3.77. The van der Waals surface area contributed by atoms with Gasteiger partial charge in [-0.3, -0.25) is 4.79 Å². The van der Waals surface area contributed by atoms with Gasteiger partial charge in [0.1, 0.15) is 12.6 Å². The van der Waals surface area contributed by atoms with Crippen molar-refractivity contribution in [1.82, 2.24) is 15.1 Å². The number of benzene rings is 1. The summed E-state index contributed by atoms with van der Waals surface area (Å²) in [5, 5.41) is 16.2. The Morgan fingerprint density at radius 1 is 1.22 bits per heavy atom. The lowest BCUT2D eigenvalue weighted by molar-refractivity contribution is -0.139. The minimum absolute atomic E-state index is 0.0324. The first-order chi connectivity index (χ1) is 12.9. The molecule has 0 aliphatic carbocycles. The first-order valence-corrected chi connectivity index (χ1v) is 8.72. The quantitative estimate of drug-likeness (QED) is 0.617. The number of nitrogens with one attached hydrogen (secondary N) is 1. The van der Waals surface area contributed by atoms with E-state index in [1.54, 1.807) is 13.3 Å². The van der Waals surface area contributed by atoms with Crippen molar-refractivity contribution < 1.29 is 24.2 Å². The fourth-order valence-electron chi connectivity index (χ4n) is 2.49. The van der Waals surface area contributed by atoms with Crippen LogP contribution in [0, 0.1) is 5.92 Å². The summed E-state index contributed by atoms with van der Waals surface area (Å²) < 4.78 is 12.1. The van der Waals surface area contributed by atoms with E-state index in [1.165, 1.54) is 4.68 Å². The predicted molar refractivity (Wildman–Crippen MR) is 99.3 cm³/mol. The van der Waals surface area contributed by atoms with Crippen LogP contribution in [0.1, 0.15) is 30.8 Å². The Kier molecular flexibility index (Phi) is 7.36. The van der Waals surface area contributed by atoms with Crippen LogP contribution in [0.5, 0.6) is 5.75 Å². The van der Waals surface area contributed by atoms with Crippen LogP contribution in [-0.2, 0) is 9.53 Å². The third kappa shape index (κ3) is 5.82. The standard InChI is InChI=1S/C19H25N3O5/c1-13(2)11-15(19(24)25)20-18(23)17-16(27-10-9-26-3)12-22(21-17)14-7-5-4-6-8-14/h4-8,12-13,15H,9-11H2,1-3H3,(H,20,23)(H,24,25)/t15-/m1/s1. The summed E-state index contributed by atoms with van der Waals surface area (Å²) in [4.78, 5) is 24.1. The van der Waals surface area contributed by atoms with Crippen LogP contribution in [0.2, 0.25) is 0 Å². The van der Waals surface area contributed by atoms with E-state index in [2.05, 4.69) is 10.4 Å². The van der Waals surface area contributed by atoms with Crippen LogP contribution < -0.4 is 10.1 Å². The number of aromatic nitrogens is 2. The molecule has 2 N–H and O–H groups in total. The van der Waals surface area contributed by atoms with Crippen LogP contribution in [-0.4, -0.2) is 53.1 Å². The molecule has 1 aromatic heterocycles. The Morgan fingerprint density at radius 3 is 2.52 bits per heavy atom. The number of carboxylic acid groups (broad SMARTS) is 1. The summed E-state index contributed by atoms with van der Waals surface area (Å²) in [6.45, 7) is 4.38. The minimum Gasteiger partial charge on any atom is -0.487 e. The molecule has 1 heterocycles. The number of rotatable bonds is 10. The summed E-state index contributed by atoms with van der Waals surface area (Å²) in [5.74, 6) is -1.29. The zero-order valence-electron chi connectivity index (χ0n) is 15.7. The molecule has 8 nitrogen and oxygen atoms in total. The summed E-state index contributed by atoms with van der Waals surface area (Å²) in [5.41, 5.74) is 0.787. The van der Waals surface area contributed by atoms with Gasteiger partial charge in [-0.2, -0.15) is 5.10 Å². The molecule has 0 bridgehead atoms. The maximum absolute atomic E-state index is 12.7. The van der Waals surface area contributed by atoms with Gasteiger partial charge in [-0.15, -0.1) is 0 Å². The molecule has 1 amide bonds. The maximum Gasteiger partial charge on any atom is 0.326 e. The molecule has 0 aliphatic heterocycles. The molecule has 1 atom stereocenters. The van der Waals surface area contributed by atoms with Gasteiger partial charge in [-0.05, 0) is 24.5 Å². The number of carbonyl (C=O) groups is 2. The number of carbonyl (C=O) groups excluding carboxylic acids is 1. The van der Waals surface area contributed by atoms with Gasteiger partial charge in [-0.1, -0.05) is 32.0 Å². The van der Waals surface area contributed by atoms with Crippen molar-refractivity contribution in [3.63, 3.8) is 0 Å². The van der Waals surface area contributed by atoms with E-state index < -0.39 is 17.9 Å². The number of hydrogen-bond donors (Lipinski definition) is 2. The minimum atomic E-state index is -1.08. The summed E-state index contributed by atoms with van der Waals surface area (Å²) in [6, 6.07) is 8.27. The Hall–Kier alpha value is -2.87. The molecule has 0 unspecified atom stereocenters. The zero-order valence-corrected chi connectivity index (χ0v) is 15.7. The molecule has 0 fully saturated rings. The normalized spacial score (nSPS) is 12.0. The summed E-state index contributed by atoms with van der Waals surface area (Å²) >= 11 is 0. The second-order valence-electron chi connectivity index (χ2n) is 6.46. The molecular weight excluding hydrogens is 350 g/mol. The number of para-hydroxylation sites is 1. The Morgan fingerprint density at radius 2 is 1.93 bits per heavy atom. The van der Waals surface area contributed by atoms with E-state index in [9.17, 15) is 14.7 Å². The van der Waals surface area contributed by atoms with Crippen molar-refractivity contribution in [3.8, 4) is 11.4 Å². The van der Waals surface area contributed by atoms with Gasteiger partial charge in [0.15, 0.2) is 11.4 Å². The Balaban J connectivity index is 2.27. The van der Waals surface area contributed by atoms with Gasteiger partial charge in [0.05, 0.1) is 18.5 Å². The highest BCUT2D eigenvalue weighted by Crippen LogP contribution is 2.20. The number of ether oxygens (including phenoxy) is 2. The Labute approximate surface area is 158 Å². The summed E-state index contributed by atoms with van der Waals surface area (Å²) in [6.07, 6.45) is 1.92. The fraction of sp³-hybridized carbons (Fsp3) is 0.421. The molecule has 8 heteroatoms. The number of carboxylic acids is 1. The second-order valence-corrected chi connectivity index (χ2v) is 6.46. The smallest absolute Gasteiger partial charge is 0.326 e. The van der Waals surface area contributed by atoms with Crippen molar-refractivity contribution in [2.75, 3.05) is 20.3 Å². The molecule has 0 saturated heterocycles. The number of aliphatic carboxylic acids is 1. The van der Waals surface area contributed by atoms with Crippen LogP contribution in [0.15, 0.2) is 36.5 Å². The highest BCUT2D eigenvalue weighted by Gasteiger charge is 2.26. The van der Waals surface area contributed by atoms with Crippen molar-refractivity contribution in [2.45, 2.75) is 26.3 Å². The number of amides is 1. The van der Waals surface area contributed by atoms with Crippen LogP contribution >= 0.6 is 0 Å². The topological polar surface area (TPSA) is 103 Å². The van der Waals surface area contributed by atoms with Gasteiger partial charge in [0.2, 0.25) is 0 Å². The lowest BCUT2D eigenvalue weighted by Gasteiger charge is -2.16. The van der Waals surface area contributed by atoms with Gasteiger partial charge in [-0.25, -0.2) is 9.48 Å². The van der Waals surface area contributed by atoms with E-state index in [0.717, 1.165) is 5.69 Å². The number of hydrogen-bond acceptors (Lipinski definition) is 5. The fourth-order valence-corrected chi connectivity index (χ4v) is 2.49. The van der Waals surface area contributed by atoms with E-state index in [4.69, 9.17) is 9.47 Å². The molecule has 2 rings (SSSR count). The first kappa shape index (κ1) is 20.4. The molecule has 2 aromatic rings. The summed E-state index contributed by atoms with van der Waals surface area (Å²) in [7, 11) is 1.55. The largest absolute Gasteiger partial charge is 0.487 e. The third-order valence-electron chi connectivity index (χ3n) is 3.77. The average Bonchev–Trinajstić information content (AvgIpc) is 3.06. The Bertz CT molecular complexity index is 758. The van der Waals surface area contributed by atoms with E-state index in [1.807, 2.05) is 44.2 Å². The highest BCUT2D eigenvalue weighted by molar-refractivity contribution is 5.97. The molecule has 0 radical (unpaired) electrons. The number of nitrogens with zero attached hydrogens (tertiary/aromatic N) is 2. The van der Waals surface area contributed by atoms with Crippen molar-refractivity contribution in [3.05, 3.63) is 42.2 Å². The van der Waals surface area contributed by atoms with Crippen LogP contribution in [0.25, 0.3) is 5.69 Å². The zero-order chi connectivity index (χ0) is 19.8. The van der Waals surface area contributed by atoms with Gasteiger partial charge in [0.25, 0.3) is 5.91 Å². The monoisotopic (exact) mass is 375 g/mol. The molecule has 0 spiro atoms. The lowest BCUT2D eigenvalue weighted by Crippen LogP contribution is -2.42. The molecule has 0 aliphatic rings.